The smallest absolute Gasteiger partial charge is 0.251 e. The molecule has 2 heterocycles. The molecule has 0 fully saturated rings. The molecule has 0 bridgehead atoms. The van der Waals surface area contributed by atoms with Gasteiger partial charge in [0.05, 0.1) is 18.3 Å². The highest BCUT2D eigenvalue weighted by Crippen LogP contribution is 2.15. The molecule has 0 amide bonds. The van der Waals surface area contributed by atoms with E-state index in [1.165, 1.54) is 0 Å². The zero-order chi connectivity index (χ0) is 14.7. The lowest BCUT2D eigenvalue weighted by molar-refractivity contribution is 0.424. The van der Waals surface area contributed by atoms with Crippen LogP contribution in [0, 0.1) is 10.5 Å². The van der Waals surface area contributed by atoms with Crippen LogP contribution in [-0.4, -0.2) is 14.3 Å². The number of aryl methyl sites for hydroxylation is 1. The fraction of sp³-hybridized carbons (Fsp3) is 0.467. The molecule has 0 aliphatic rings. The van der Waals surface area contributed by atoms with Crippen molar-refractivity contribution in [2.24, 2.45) is 0 Å². The van der Waals surface area contributed by atoms with Crippen LogP contribution in [0.1, 0.15) is 44.0 Å². The molecular weight excluding hydrogens is 365 g/mol. The normalized spacial score (nSPS) is 11.2. The van der Waals surface area contributed by atoms with E-state index in [1.54, 1.807) is 10.6 Å². The van der Waals surface area contributed by atoms with Crippen molar-refractivity contribution < 1.29 is 0 Å². The Bertz CT molecular complexity index is 641. The highest BCUT2D eigenvalue weighted by atomic mass is 127. The van der Waals surface area contributed by atoms with Crippen molar-refractivity contribution in [3.05, 3.63) is 49.7 Å². The van der Waals surface area contributed by atoms with Gasteiger partial charge in [-0.05, 0) is 54.0 Å². The first-order chi connectivity index (χ1) is 9.55. The van der Waals surface area contributed by atoms with Crippen molar-refractivity contribution in [2.75, 3.05) is 0 Å². The van der Waals surface area contributed by atoms with Gasteiger partial charge in [-0.1, -0.05) is 13.8 Å². The molecule has 2 aromatic heterocycles. The summed E-state index contributed by atoms with van der Waals surface area (Å²) in [6, 6.07) is 4.12. The summed E-state index contributed by atoms with van der Waals surface area (Å²) in [5.41, 5.74) is 1.98. The number of pyridine rings is 1. The minimum absolute atomic E-state index is 0.0278. The van der Waals surface area contributed by atoms with Gasteiger partial charge < -0.3 is 4.57 Å². The number of halogens is 1. The highest BCUT2D eigenvalue weighted by molar-refractivity contribution is 14.1. The second kappa shape index (κ2) is 6.56. The fourth-order valence-corrected chi connectivity index (χ4v) is 2.76. The molecule has 0 aliphatic carbocycles. The largest absolute Gasteiger partial charge is 0.308 e. The molecule has 2 aromatic rings. The molecule has 0 spiro atoms. The highest BCUT2D eigenvalue weighted by Gasteiger charge is 2.09. The molecule has 108 valence electrons. The fourth-order valence-electron chi connectivity index (χ4n) is 2.27. The van der Waals surface area contributed by atoms with Gasteiger partial charge in [-0.2, -0.15) is 5.10 Å². The molecule has 0 N–H and O–H groups in total. The molecule has 5 heteroatoms. The van der Waals surface area contributed by atoms with E-state index in [-0.39, 0.29) is 5.56 Å². The molecule has 0 aliphatic heterocycles. The van der Waals surface area contributed by atoms with Gasteiger partial charge in [0.15, 0.2) is 0 Å². The second-order valence-corrected chi connectivity index (χ2v) is 6.19. The number of hydrogen-bond donors (Lipinski definition) is 0. The van der Waals surface area contributed by atoms with E-state index in [2.05, 4.69) is 41.5 Å². The minimum atomic E-state index is 0.0278. The maximum absolute atomic E-state index is 12.0. The Labute approximate surface area is 133 Å². The Morgan fingerprint density at radius 2 is 2.05 bits per heavy atom. The lowest BCUT2D eigenvalue weighted by Gasteiger charge is -2.12. The third-order valence-electron chi connectivity index (χ3n) is 3.58. The minimum Gasteiger partial charge on any atom is -0.308 e. The average Bonchev–Trinajstić information content (AvgIpc) is 2.86. The topological polar surface area (TPSA) is 39.8 Å². The van der Waals surface area contributed by atoms with E-state index >= 15 is 0 Å². The first-order valence-corrected chi connectivity index (χ1v) is 8.03. The van der Waals surface area contributed by atoms with E-state index in [1.807, 2.05) is 30.1 Å². The van der Waals surface area contributed by atoms with Crippen LogP contribution in [0.15, 0.2) is 29.3 Å². The molecule has 0 radical (unpaired) electrons. The predicted molar refractivity (Wildman–Crippen MR) is 89.1 cm³/mol. The van der Waals surface area contributed by atoms with Crippen LogP contribution in [-0.2, 0) is 6.54 Å². The summed E-state index contributed by atoms with van der Waals surface area (Å²) in [6.45, 7) is 6.82. The number of nitrogens with zero attached hydrogens (tertiary/aromatic N) is 3. The van der Waals surface area contributed by atoms with E-state index in [4.69, 9.17) is 0 Å². The van der Waals surface area contributed by atoms with Crippen LogP contribution in [0.4, 0.5) is 0 Å². The number of rotatable bonds is 5. The summed E-state index contributed by atoms with van der Waals surface area (Å²) >= 11 is 2.25. The summed E-state index contributed by atoms with van der Waals surface area (Å²) in [5.74, 6) is 0. The summed E-state index contributed by atoms with van der Waals surface area (Å²) in [7, 11) is 0. The van der Waals surface area contributed by atoms with Gasteiger partial charge >= 0.3 is 0 Å². The molecule has 0 aromatic carbocycles. The molecule has 0 atom stereocenters. The van der Waals surface area contributed by atoms with Crippen LogP contribution in [0.5, 0.6) is 0 Å². The van der Waals surface area contributed by atoms with Crippen LogP contribution in [0.2, 0.25) is 0 Å². The maximum Gasteiger partial charge on any atom is 0.251 e. The maximum atomic E-state index is 12.0. The van der Waals surface area contributed by atoms with Gasteiger partial charge in [0.2, 0.25) is 0 Å². The molecule has 20 heavy (non-hydrogen) atoms. The van der Waals surface area contributed by atoms with Crippen LogP contribution in [0.3, 0.4) is 0 Å². The van der Waals surface area contributed by atoms with Crippen LogP contribution < -0.4 is 5.56 Å². The Morgan fingerprint density at radius 1 is 1.35 bits per heavy atom. The van der Waals surface area contributed by atoms with Gasteiger partial charge in [0.25, 0.3) is 5.56 Å². The lowest BCUT2D eigenvalue weighted by Crippen LogP contribution is -2.21. The van der Waals surface area contributed by atoms with Gasteiger partial charge in [0, 0.05) is 22.0 Å². The molecule has 4 nitrogen and oxygen atoms in total. The first kappa shape index (κ1) is 15.3. The second-order valence-electron chi connectivity index (χ2n) is 5.03. The third-order valence-corrected chi connectivity index (χ3v) is 4.71. The quantitative estimate of drug-likeness (QED) is 0.741. The van der Waals surface area contributed by atoms with E-state index < -0.39 is 0 Å². The summed E-state index contributed by atoms with van der Waals surface area (Å²) < 4.78 is 4.83. The molecule has 0 saturated heterocycles. The molecular formula is C15H20IN3O. The summed E-state index contributed by atoms with van der Waals surface area (Å²) in [5, 5.41) is 4.60. The third kappa shape index (κ3) is 3.31. The van der Waals surface area contributed by atoms with Crippen molar-refractivity contribution in [3.63, 3.8) is 0 Å². The van der Waals surface area contributed by atoms with Crippen molar-refractivity contribution >= 4 is 22.6 Å². The van der Waals surface area contributed by atoms with E-state index in [0.29, 0.717) is 12.6 Å². The molecule has 0 unspecified atom stereocenters. The molecule has 2 rings (SSSR count). The van der Waals surface area contributed by atoms with Crippen molar-refractivity contribution in [1.82, 2.24) is 14.3 Å². The van der Waals surface area contributed by atoms with Crippen LogP contribution in [0.25, 0.3) is 0 Å². The summed E-state index contributed by atoms with van der Waals surface area (Å²) in [4.78, 5) is 12.0. The van der Waals surface area contributed by atoms with Gasteiger partial charge in [0.1, 0.15) is 0 Å². The Hall–Kier alpha value is -1.11. The van der Waals surface area contributed by atoms with Gasteiger partial charge in [-0.15, -0.1) is 0 Å². The monoisotopic (exact) mass is 385 g/mol. The standard InChI is InChI=1S/C15H20IN3O/c1-4-13(5-2)19-7-6-12(17-19)9-18-10-14(16)11(3)8-15(18)20/h6-8,10,13H,4-5,9H2,1-3H3. The van der Waals surface area contributed by atoms with Gasteiger partial charge in [-0.25, -0.2) is 0 Å². The van der Waals surface area contributed by atoms with Crippen molar-refractivity contribution in [3.8, 4) is 0 Å². The zero-order valence-electron chi connectivity index (χ0n) is 12.1. The lowest BCUT2D eigenvalue weighted by atomic mass is 10.2. The van der Waals surface area contributed by atoms with Crippen molar-refractivity contribution in [1.29, 1.82) is 0 Å². The zero-order valence-corrected chi connectivity index (χ0v) is 14.3. The first-order valence-electron chi connectivity index (χ1n) is 6.95. The number of hydrogen-bond acceptors (Lipinski definition) is 2. The molecule has 0 saturated carbocycles. The summed E-state index contributed by atoms with van der Waals surface area (Å²) in [6.07, 6.45) is 6.05. The van der Waals surface area contributed by atoms with Crippen LogP contribution >= 0.6 is 22.6 Å². The Kier molecular flexibility index (Phi) is 5.01. The van der Waals surface area contributed by atoms with E-state index in [9.17, 15) is 4.79 Å². The predicted octanol–water partition coefficient (Wildman–Crippen LogP) is 3.37. The SMILES string of the molecule is CCC(CC)n1ccc(Cn2cc(I)c(C)cc2=O)n1. The number of aromatic nitrogens is 3. The van der Waals surface area contributed by atoms with Crippen molar-refractivity contribution in [2.45, 2.75) is 46.2 Å². The van der Waals surface area contributed by atoms with Gasteiger partial charge in [-0.3, -0.25) is 9.48 Å². The Morgan fingerprint density at radius 3 is 2.70 bits per heavy atom. The Balaban J connectivity index is 2.23. The average molecular weight is 385 g/mol. The van der Waals surface area contributed by atoms with E-state index in [0.717, 1.165) is 27.7 Å².